The number of ether oxygens (including phenoxy) is 4. The molecule has 0 spiro atoms. The zero-order valence-electron chi connectivity index (χ0n) is 9.36. The van der Waals surface area contributed by atoms with E-state index in [9.17, 15) is 0 Å². The van der Waals surface area contributed by atoms with Gasteiger partial charge in [0.2, 0.25) is 0 Å². The molecular formula is C11H15BrO4. The minimum Gasteiger partial charge on any atom is -0.487 e. The van der Waals surface area contributed by atoms with Crippen LogP contribution in [0.2, 0.25) is 0 Å². The third-order valence-electron chi connectivity index (χ3n) is 1.78. The molecule has 0 fully saturated rings. The van der Waals surface area contributed by atoms with Crippen LogP contribution in [0.15, 0.2) is 22.7 Å². The maximum absolute atomic E-state index is 5.52. The third kappa shape index (κ3) is 4.38. The lowest BCUT2D eigenvalue weighted by Crippen LogP contribution is -2.06. The smallest absolute Gasteiger partial charge is 0.188 e. The van der Waals surface area contributed by atoms with E-state index in [-0.39, 0.29) is 6.79 Å². The van der Waals surface area contributed by atoms with Crippen LogP contribution in [0.3, 0.4) is 0 Å². The number of hydrogen-bond acceptors (Lipinski definition) is 4. The van der Waals surface area contributed by atoms with Crippen molar-refractivity contribution in [3.63, 3.8) is 0 Å². The summed E-state index contributed by atoms with van der Waals surface area (Å²) in [6, 6.07) is 5.56. The lowest BCUT2D eigenvalue weighted by molar-refractivity contribution is 0.0477. The van der Waals surface area contributed by atoms with E-state index >= 15 is 0 Å². The maximum atomic E-state index is 5.52. The molecular weight excluding hydrogens is 276 g/mol. The Hall–Kier alpha value is -0.780. The van der Waals surface area contributed by atoms with E-state index in [0.717, 1.165) is 4.47 Å². The van der Waals surface area contributed by atoms with Crippen LogP contribution in [0.4, 0.5) is 0 Å². The lowest BCUT2D eigenvalue weighted by Gasteiger charge is -2.12. The predicted octanol–water partition coefficient (Wildman–Crippen LogP) is 2.46. The molecule has 0 aliphatic rings. The van der Waals surface area contributed by atoms with E-state index in [1.54, 1.807) is 14.2 Å². The molecule has 0 aromatic heterocycles. The van der Waals surface area contributed by atoms with Crippen molar-refractivity contribution in [3.05, 3.63) is 22.7 Å². The van der Waals surface area contributed by atoms with Gasteiger partial charge in [-0.2, -0.15) is 0 Å². The SMILES string of the molecule is COCCOc1cc(Br)ccc1OCOC. The average Bonchev–Trinajstić information content (AvgIpc) is 2.28. The molecule has 0 bridgehead atoms. The fourth-order valence-electron chi connectivity index (χ4n) is 1.07. The molecule has 0 amide bonds. The Morgan fingerprint density at radius 3 is 2.50 bits per heavy atom. The fourth-order valence-corrected chi connectivity index (χ4v) is 1.41. The van der Waals surface area contributed by atoms with Crippen molar-refractivity contribution >= 4 is 15.9 Å². The van der Waals surface area contributed by atoms with Gasteiger partial charge < -0.3 is 18.9 Å². The van der Waals surface area contributed by atoms with Crippen molar-refractivity contribution in [1.82, 2.24) is 0 Å². The van der Waals surface area contributed by atoms with Crippen LogP contribution in [0.25, 0.3) is 0 Å². The molecule has 0 N–H and O–H groups in total. The first-order valence-corrected chi connectivity index (χ1v) is 5.60. The van der Waals surface area contributed by atoms with Crippen LogP contribution >= 0.6 is 15.9 Å². The van der Waals surface area contributed by atoms with E-state index in [0.29, 0.717) is 24.7 Å². The van der Waals surface area contributed by atoms with Crippen LogP contribution in [-0.2, 0) is 9.47 Å². The molecule has 1 aromatic carbocycles. The molecule has 0 unspecified atom stereocenters. The topological polar surface area (TPSA) is 36.9 Å². The predicted molar refractivity (Wildman–Crippen MR) is 64.0 cm³/mol. The molecule has 0 atom stereocenters. The van der Waals surface area contributed by atoms with Gasteiger partial charge in [0, 0.05) is 18.7 Å². The fraction of sp³-hybridized carbons (Fsp3) is 0.455. The van der Waals surface area contributed by atoms with Crippen LogP contribution in [0.1, 0.15) is 0 Å². The summed E-state index contributed by atoms with van der Waals surface area (Å²) in [5.41, 5.74) is 0. The first kappa shape index (κ1) is 13.3. The number of benzene rings is 1. The summed E-state index contributed by atoms with van der Waals surface area (Å²) in [6.07, 6.45) is 0. The van der Waals surface area contributed by atoms with Crippen molar-refractivity contribution in [3.8, 4) is 11.5 Å². The van der Waals surface area contributed by atoms with Gasteiger partial charge in [-0.3, -0.25) is 0 Å². The van der Waals surface area contributed by atoms with Gasteiger partial charge >= 0.3 is 0 Å². The summed E-state index contributed by atoms with van der Waals surface area (Å²) >= 11 is 3.38. The second-order valence-electron chi connectivity index (χ2n) is 2.98. The van der Waals surface area contributed by atoms with Crippen LogP contribution in [0.5, 0.6) is 11.5 Å². The second-order valence-corrected chi connectivity index (χ2v) is 3.90. The van der Waals surface area contributed by atoms with Crippen molar-refractivity contribution in [2.24, 2.45) is 0 Å². The van der Waals surface area contributed by atoms with Gasteiger partial charge in [-0.15, -0.1) is 0 Å². The number of rotatable bonds is 7. The highest BCUT2D eigenvalue weighted by Gasteiger charge is 2.05. The normalized spacial score (nSPS) is 10.2. The van der Waals surface area contributed by atoms with Gasteiger partial charge in [-0.05, 0) is 18.2 Å². The zero-order valence-corrected chi connectivity index (χ0v) is 11.0. The molecule has 4 nitrogen and oxygen atoms in total. The Morgan fingerprint density at radius 1 is 1.00 bits per heavy atom. The van der Waals surface area contributed by atoms with Crippen molar-refractivity contribution < 1.29 is 18.9 Å². The average molecular weight is 291 g/mol. The Balaban J connectivity index is 2.65. The minimum atomic E-state index is 0.197. The van der Waals surface area contributed by atoms with Crippen LogP contribution in [-0.4, -0.2) is 34.2 Å². The van der Waals surface area contributed by atoms with Crippen LogP contribution < -0.4 is 9.47 Å². The quantitative estimate of drug-likeness (QED) is 0.571. The molecule has 0 radical (unpaired) electrons. The largest absolute Gasteiger partial charge is 0.487 e. The summed E-state index contributed by atoms with van der Waals surface area (Å²) in [7, 11) is 3.21. The van der Waals surface area contributed by atoms with E-state index in [2.05, 4.69) is 15.9 Å². The van der Waals surface area contributed by atoms with Crippen LogP contribution in [0, 0.1) is 0 Å². The Kier molecular flexibility index (Phi) is 6.22. The molecule has 0 saturated carbocycles. The Labute approximate surface area is 104 Å². The van der Waals surface area contributed by atoms with Gasteiger partial charge in [0.05, 0.1) is 6.61 Å². The number of methoxy groups -OCH3 is 2. The number of halogens is 1. The highest BCUT2D eigenvalue weighted by atomic mass is 79.9. The molecule has 1 rings (SSSR count). The summed E-state index contributed by atoms with van der Waals surface area (Å²) in [5.74, 6) is 1.32. The van der Waals surface area contributed by atoms with Gasteiger partial charge in [0.15, 0.2) is 18.3 Å². The molecule has 0 aliphatic carbocycles. The van der Waals surface area contributed by atoms with E-state index in [4.69, 9.17) is 18.9 Å². The van der Waals surface area contributed by atoms with Crippen molar-refractivity contribution in [2.45, 2.75) is 0 Å². The summed E-state index contributed by atoms with van der Waals surface area (Å²) in [4.78, 5) is 0. The first-order valence-electron chi connectivity index (χ1n) is 4.81. The lowest BCUT2D eigenvalue weighted by atomic mass is 10.3. The summed E-state index contributed by atoms with van der Waals surface area (Å²) in [5, 5.41) is 0. The van der Waals surface area contributed by atoms with Crippen molar-refractivity contribution in [1.29, 1.82) is 0 Å². The molecule has 0 saturated heterocycles. The molecule has 0 heterocycles. The minimum absolute atomic E-state index is 0.197. The van der Waals surface area contributed by atoms with Gasteiger partial charge in [0.25, 0.3) is 0 Å². The molecule has 90 valence electrons. The Bertz CT molecular complexity index is 317. The monoisotopic (exact) mass is 290 g/mol. The highest BCUT2D eigenvalue weighted by Crippen LogP contribution is 2.30. The third-order valence-corrected chi connectivity index (χ3v) is 2.28. The van der Waals surface area contributed by atoms with Gasteiger partial charge in [-0.1, -0.05) is 15.9 Å². The molecule has 5 heteroatoms. The van der Waals surface area contributed by atoms with E-state index in [1.165, 1.54) is 0 Å². The highest BCUT2D eigenvalue weighted by molar-refractivity contribution is 9.10. The molecule has 0 aliphatic heterocycles. The number of hydrogen-bond donors (Lipinski definition) is 0. The van der Waals surface area contributed by atoms with E-state index < -0.39 is 0 Å². The molecule has 1 aromatic rings. The summed E-state index contributed by atoms with van der Waals surface area (Å²) in [6.45, 7) is 1.22. The maximum Gasteiger partial charge on any atom is 0.188 e. The second kappa shape index (κ2) is 7.49. The van der Waals surface area contributed by atoms with Crippen molar-refractivity contribution in [2.75, 3.05) is 34.2 Å². The standard InChI is InChI=1S/C11H15BrO4/c1-13-5-6-15-11-7-9(12)3-4-10(11)16-8-14-2/h3-4,7H,5-6,8H2,1-2H3. The van der Waals surface area contributed by atoms with Gasteiger partial charge in [0.1, 0.15) is 6.61 Å². The van der Waals surface area contributed by atoms with Gasteiger partial charge in [-0.25, -0.2) is 0 Å². The first-order chi connectivity index (χ1) is 7.77. The Morgan fingerprint density at radius 2 is 1.81 bits per heavy atom. The zero-order chi connectivity index (χ0) is 11.8. The summed E-state index contributed by atoms with van der Waals surface area (Å²) < 4.78 is 21.6. The van der Waals surface area contributed by atoms with E-state index in [1.807, 2.05) is 18.2 Å². The molecule has 16 heavy (non-hydrogen) atoms.